The first-order valence-electron chi connectivity index (χ1n) is 7.53. The molecule has 1 aliphatic heterocycles. The number of carbonyl (C=O) groups is 2. The van der Waals surface area contributed by atoms with Gasteiger partial charge in [0.05, 0.1) is 0 Å². The predicted molar refractivity (Wildman–Crippen MR) is 86.6 cm³/mol. The average molecular weight is 324 g/mol. The predicted octanol–water partition coefficient (Wildman–Crippen LogP) is 1.51. The van der Waals surface area contributed by atoms with E-state index >= 15 is 0 Å². The molecule has 0 aliphatic carbocycles. The summed E-state index contributed by atoms with van der Waals surface area (Å²) >= 11 is 5.82. The van der Waals surface area contributed by atoms with E-state index < -0.39 is 0 Å². The van der Waals surface area contributed by atoms with Crippen molar-refractivity contribution in [2.24, 2.45) is 0 Å². The van der Waals surface area contributed by atoms with Crippen LogP contribution in [0.4, 0.5) is 0 Å². The number of nitrogens with one attached hydrogen (secondary N) is 1. The number of amides is 2. The smallest absolute Gasteiger partial charge is 0.221 e. The molecule has 2 rings (SSSR count). The maximum Gasteiger partial charge on any atom is 0.221 e. The Morgan fingerprint density at radius 2 is 1.77 bits per heavy atom. The highest BCUT2D eigenvalue weighted by Crippen LogP contribution is 2.09. The summed E-state index contributed by atoms with van der Waals surface area (Å²) in [4.78, 5) is 27.2. The third kappa shape index (κ3) is 5.31. The Morgan fingerprint density at radius 3 is 2.36 bits per heavy atom. The Morgan fingerprint density at radius 1 is 1.14 bits per heavy atom. The summed E-state index contributed by atoms with van der Waals surface area (Å²) in [5, 5.41) is 3.61. The van der Waals surface area contributed by atoms with Crippen molar-refractivity contribution in [1.29, 1.82) is 0 Å². The number of hydrogen-bond donors (Lipinski definition) is 1. The Kier molecular flexibility index (Phi) is 6.21. The van der Waals surface area contributed by atoms with E-state index in [0.29, 0.717) is 18.0 Å². The van der Waals surface area contributed by atoms with Crippen LogP contribution < -0.4 is 5.32 Å². The molecule has 0 unspecified atom stereocenters. The third-order valence-electron chi connectivity index (χ3n) is 3.88. The van der Waals surface area contributed by atoms with Gasteiger partial charge in [-0.2, -0.15) is 0 Å². The normalized spacial score (nSPS) is 15.6. The molecule has 0 atom stereocenters. The van der Waals surface area contributed by atoms with Crippen molar-refractivity contribution in [1.82, 2.24) is 15.1 Å². The minimum atomic E-state index is 0.0453. The van der Waals surface area contributed by atoms with E-state index in [1.54, 1.807) is 6.92 Å². The summed E-state index contributed by atoms with van der Waals surface area (Å²) in [6.07, 6.45) is 0.480. The van der Waals surface area contributed by atoms with Gasteiger partial charge in [0.25, 0.3) is 0 Å². The highest BCUT2D eigenvalue weighted by Gasteiger charge is 2.18. The molecule has 1 saturated heterocycles. The van der Waals surface area contributed by atoms with E-state index in [2.05, 4.69) is 10.2 Å². The molecular formula is C16H22ClN3O2. The molecule has 1 aromatic rings. The number of piperazine rings is 1. The second kappa shape index (κ2) is 8.15. The zero-order chi connectivity index (χ0) is 15.9. The molecule has 0 aromatic heterocycles. The Hall–Kier alpha value is -1.59. The van der Waals surface area contributed by atoms with Crippen LogP contribution in [0.5, 0.6) is 0 Å². The highest BCUT2D eigenvalue weighted by molar-refractivity contribution is 6.30. The standard InChI is InChI=1S/C16H22ClN3O2/c1-13(21)20-10-8-19(9-11-20)7-6-16(22)18-12-14-2-4-15(17)5-3-14/h2-5H,6-12H2,1H3,(H,18,22). The molecule has 2 amide bonds. The molecule has 0 spiro atoms. The van der Waals surface area contributed by atoms with E-state index in [1.165, 1.54) is 0 Å². The zero-order valence-corrected chi connectivity index (χ0v) is 13.6. The Balaban J connectivity index is 1.64. The lowest BCUT2D eigenvalue weighted by molar-refractivity contribution is -0.131. The van der Waals surface area contributed by atoms with Gasteiger partial charge >= 0.3 is 0 Å². The molecule has 6 heteroatoms. The summed E-state index contributed by atoms with van der Waals surface area (Å²) < 4.78 is 0. The first-order valence-corrected chi connectivity index (χ1v) is 7.91. The molecule has 1 aromatic carbocycles. The minimum Gasteiger partial charge on any atom is -0.352 e. The van der Waals surface area contributed by atoms with E-state index in [9.17, 15) is 9.59 Å². The van der Waals surface area contributed by atoms with Crippen LogP contribution >= 0.6 is 11.6 Å². The number of halogens is 1. The lowest BCUT2D eigenvalue weighted by Crippen LogP contribution is -2.48. The third-order valence-corrected chi connectivity index (χ3v) is 4.13. The molecule has 1 aliphatic rings. The summed E-state index contributed by atoms with van der Waals surface area (Å²) in [6.45, 7) is 6.03. The number of hydrogen-bond acceptors (Lipinski definition) is 3. The van der Waals surface area contributed by atoms with E-state index in [4.69, 9.17) is 11.6 Å². The van der Waals surface area contributed by atoms with Gasteiger partial charge < -0.3 is 10.2 Å². The topological polar surface area (TPSA) is 52.7 Å². The average Bonchev–Trinajstić information content (AvgIpc) is 2.52. The summed E-state index contributed by atoms with van der Waals surface area (Å²) in [5.74, 6) is 0.171. The summed E-state index contributed by atoms with van der Waals surface area (Å²) in [7, 11) is 0. The second-order valence-corrected chi connectivity index (χ2v) is 5.94. The van der Waals surface area contributed by atoms with Gasteiger partial charge in [0.2, 0.25) is 11.8 Å². The van der Waals surface area contributed by atoms with Crippen molar-refractivity contribution in [2.45, 2.75) is 19.9 Å². The van der Waals surface area contributed by atoms with Crippen LogP contribution in [0.3, 0.4) is 0 Å². The van der Waals surface area contributed by atoms with Crippen molar-refractivity contribution in [3.8, 4) is 0 Å². The SMILES string of the molecule is CC(=O)N1CCN(CCC(=O)NCc2ccc(Cl)cc2)CC1. The van der Waals surface area contributed by atoms with Gasteiger partial charge in [-0.15, -0.1) is 0 Å². The molecule has 120 valence electrons. The fraction of sp³-hybridized carbons (Fsp3) is 0.500. The van der Waals surface area contributed by atoms with Crippen molar-refractivity contribution in [3.63, 3.8) is 0 Å². The van der Waals surface area contributed by atoms with E-state index in [-0.39, 0.29) is 11.8 Å². The number of nitrogens with zero attached hydrogens (tertiary/aromatic N) is 2. The fourth-order valence-corrected chi connectivity index (χ4v) is 2.56. The van der Waals surface area contributed by atoms with E-state index in [0.717, 1.165) is 38.3 Å². The molecule has 0 radical (unpaired) electrons. The molecule has 22 heavy (non-hydrogen) atoms. The monoisotopic (exact) mass is 323 g/mol. The Bertz CT molecular complexity index is 511. The summed E-state index contributed by atoms with van der Waals surface area (Å²) in [6, 6.07) is 7.45. The van der Waals surface area contributed by atoms with Gasteiger partial charge in [-0.25, -0.2) is 0 Å². The van der Waals surface area contributed by atoms with Crippen molar-refractivity contribution < 1.29 is 9.59 Å². The number of carbonyl (C=O) groups excluding carboxylic acids is 2. The molecule has 1 N–H and O–H groups in total. The van der Waals surface area contributed by atoms with Crippen molar-refractivity contribution >= 4 is 23.4 Å². The van der Waals surface area contributed by atoms with Gasteiger partial charge in [-0.3, -0.25) is 14.5 Å². The van der Waals surface area contributed by atoms with Crippen LogP contribution in [0.25, 0.3) is 0 Å². The van der Waals surface area contributed by atoms with E-state index in [1.807, 2.05) is 29.2 Å². The van der Waals surface area contributed by atoms with Crippen molar-refractivity contribution in [3.05, 3.63) is 34.9 Å². The summed E-state index contributed by atoms with van der Waals surface area (Å²) in [5.41, 5.74) is 1.04. The number of benzene rings is 1. The van der Waals surface area contributed by atoms with Gasteiger partial charge in [-0.05, 0) is 17.7 Å². The molecule has 5 nitrogen and oxygen atoms in total. The quantitative estimate of drug-likeness (QED) is 0.893. The first-order chi connectivity index (χ1) is 10.5. The molecule has 1 fully saturated rings. The highest BCUT2D eigenvalue weighted by atomic mass is 35.5. The first kappa shape index (κ1) is 16.8. The molecule has 0 bridgehead atoms. The van der Waals surface area contributed by atoms with Crippen LogP contribution in [-0.2, 0) is 16.1 Å². The van der Waals surface area contributed by atoms with Crippen LogP contribution in [0.15, 0.2) is 24.3 Å². The van der Waals surface area contributed by atoms with Crippen molar-refractivity contribution in [2.75, 3.05) is 32.7 Å². The maximum absolute atomic E-state index is 11.9. The number of rotatable bonds is 5. The van der Waals surface area contributed by atoms with Gasteiger partial charge in [0.1, 0.15) is 0 Å². The minimum absolute atomic E-state index is 0.0453. The Labute approximate surface area is 136 Å². The van der Waals surface area contributed by atoms with Crippen LogP contribution in [0.1, 0.15) is 18.9 Å². The zero-order valence-electron chi connectivity index (χ0n) is 12.8. The molecular weight excluding hydrogens is 302 g/mol. The lowest BCUT2D eigenvalue weighted by atomic mass is 10.2. The molecule has 1 heterocycles. The van der Waals surface area contributed by atoms with Crippen LogP contribution in [0, 0.1) is 0 Å². The van der Waals surface area contributed by atoms with Crippen LogP contribution in [0.2, 0.25) is 5.02 Å². The largest absolute Gasteiger partial charge is 0.352 e. The van der Waals surface area contributed by atoms with Gasteiger partial charge in [0.15, 0.2) is 0 Å². The second-order valence-electron chi connectivity index (χ2n) is 5.50. The van der Waals surface area contributed by atoms with Crippen LogP contribution in [-0.4, -0.2) is 54.3 Å². The van der Waals surface area contributed by atoms with Gasteiger partial charge in [-0.1, -0.05) is 23.7 Å². The van der Waals surface area contributed by atoms with Gasteiger partial charge in [0, 0.05) is 57.6 Å². The fourth-order valence-electron chi connectivity index (χ4n) is 2.44. The molecule has 0 saturated carbocycles. The lowest BCUT2D eigenvalue weighted by Gasteiger charge is -2.34. The maximum atomic E-state index is 11.9.